The van der Waals surface area contributed by atoms with E-state index < -0.39 is 0 Å². The van der Waals surface area contributed by atoms with E-state index in [1.807, 2.05) is 31.2 Å². The first-order valence-corrected chi connectivity index (χ1v) is 9.43. The Labute approximate surface area is 155 Å². The summed E-state index contributed by atoms with van der Waals surface area (Å²) in [6, 6.07) is 12.1. The zero-order chi connectivity index (χ0) is 18.4. The molecule has 0 spiro atoms. The maximum Gasteiger partial charge on any atom is 0.340 e. The molecule has 1 aliphatic rings. The Morgan fingerprint density at radius 3 is 2.58 bits per heavy atom. The van der Waals surface area contributed by atoms with Crippen molar-refractivity contribution < 1.29 is 14.3 Å². The lowest BCUT2D eigenvalue weighted by atomic mass is 10.1. The monoisotopic (exact) mass is 356 g/mol. The zero-order valence-corrected chi connectivity index (χ0v) is 15.7. The van der Waals surface area contributed by atoms with E-state index in [1.54, 1.807) is 0 Å². The van der Waals surface area contributed by atoms with Crippen LogP contribution in [0.15, 0.2) is 36.4 Å². The van der Waals surface area contributed by atoms with Crippen LogP contribution in [0.5, 0.6) is 0 Å². The topological polar surface area (TPSA) is 43.7 Å². The van der Waals surface area contributed by atoms with Crippen molar-refractivity contribution in [3.63, 3.8) is 0 Å². The summed E-state index contributed by atoms with van der Waals surface area (Å²) in [5, 5.41) is 0. The van der Waals surface area contributed by atoms with E-state index in [0.29, 0.717) is 12.2 Å². The van der Waals surface area contributed by atoms with Gasteiger partial charge in [0, 0.05) is 31.9 Å². The van der Waals surface area contributed by atoms with Crippen molar-refractivity contribution in [2.24, 2.45) is 0 Å². The molecule has 0 radical (unpaired) electrons. The number of benzene rings is 1. The van der Waals surface area contributed by atoms with Crippen LogP contribution in [-0.2, 0) is 16.0 Å². The fourth-order valence-electron chi connectivity index (χ4n) is 3.51. The number of aromatic nitrogens is 1. The second-order valence-electron chi connectivity index (χ2n) is 6.59. The summed E-state index contributed by atoms with van der Waals surface area (Å²) >= 11 is 0. The first kappa shape index (κ1) is 18.7. The number of rotatable bonds is 7. The van der Waals surface area contributed by atoms with Crippen LogP contribution in [0, 0.1) is 6.92 Å². The molecule has 0 saturated carbocycles. The Kier molecular flexibility index (Phi) is 6.47. The Balaban J connectivity index is 1.82. The number of morpholine rings is 1. The third-order valence-electron chi connectivity index (χ3n) is 4.81. The molecule has 0 N–H and O–H groups in total. The molecule has 2 heterocycles. The molecule has 1 saturated heterocycles. The van der Waals surface area contributed by atoms with Gasteiger partial charge in [-0.2, -0.15) is 0 Å². The molecule has 0 aliphatic carbocycles. The molecule has 1 aromatic heterocycles. The SMILES string of the molecule is CCOC(=O)c1cc(C)n(CCCN2CCOCC2)c1-c1ccccc1. The number of hydrogen-bond donors (Lipinski definition) is 0. The molecule has 1 aromatic carbocycles. The Hall–Kier alpha value is -2.11. The van der Waals surface area contributed by atoms with Crippen LogP contribution in [0.1, 0.15) is 29.4 Å². The van der Waals surface area contributed by atoms with Gasteiger partial charge in [-0.3, -0.25) is 4.90 Å². The third-order valence-corrected chi connectivity index (χ3v) is 4.81. The number of aryl methyl sites for hydroxylation is 1. The Morgan fingerprint density at radius 1 is 1.15 bits per heavy atom. The van der Waals surface area contributed by atoms with Gasteiger partial charge < -0.3 is 14.0 Å². The van der Waals surface area contributed by atoms with Gasteiger partial charge in [0.15, 0.2) is 0 Å². The standard InChI is InChI=1S/C21H28N2O3/c1-3-26-21(24)19-16-17(2)23(20(19)18-8-5-4-6-9-18)11-7-10-22-12-14-25-15-13-22/h4-6,8-9,16H,3,7,10-15H2,1-2H3. The molecule has 0 unspecified atom stereocenters. The number of hydrogen-bond acceptors (Lipinski definition) is 4. The van der Waals surface area contributed by atoms with Crippen LogP contribution in [0.25, 0.3) is 11.3 Å². The van der Waals surface area contributed by atoms with Crippen LogP contribution in [0.4, 0.5) is 0 Å². The average Bonchev–Trinajstić information content (AvgIpc) is 3.00. The van der Waals surface area contributed by atoms with Crippen molar-refractivity contribution in [3.05, 3.63) is 47.7 Å². The highest BCUT2D eigenvalue weighted by atomic mass is 16.5. The van der Waals surface area contributed by atoms with Gasteiger partial charge in [-0.1, -0.05) is 30.3 Å². The van der Waals surface area contributed by atoms with E-state index in [0.717, 1.165) is 62.8 Å². The quantitative estimate of drug-likeness (QED) is 0.714. The lowest BCUT2D eigenvalue weighted by Gasteiger charge is -2.26. The van der Waals surface area contributed by atoms with Crippen molar-refractivity contribution in [1.82, 2.24) is 9.47 Å². The van der Waals surface area contributed by atoms with Gasteiger partial charge in [0.1, 0.15) is 0 Å². The summed E-state index contributed by atoms with van der Waals surface area (Å²) in [5.41, 5.74) is 3.76. The molecule has 0 amide bonds. The number of nitrogens with zero attached hydrogens (tertiary/aromatic N) is 2. The first-order chi connectivity index (χ1) is 12.7. The summed E-state index contributed by atoms with van der Waals surface area (Å²) in [6.07, 6.45) is 1.04. The van der Waals surface area contributed by atoms with Crippen molar-refractivity contribution in [2.75, 3.05) is 39.5 Å². The Bertz CT molecular complexity index is 718. The number of ether oxygens (including phenoxy) is 2. The smallest absolute Gasteiger partial charge is 0.340 e. The van der Waals surface area contributed by atoms with Crippen LogP contribution in [-0.4, -0.2) is 54.9 Å². The minimum absolute atomic E-state index is 0.249. The van der Waals surface area contributed by atoms with Gasteiger partial charge >= 0.3 is 5.97 Å². The van der Waals surface area contributed by atoms with Crippen LogP contribution in [0.2, 0.25) is 0 Å². The van der Waals surface area contributed by atoms with Gasteiger partial charge in [-0.25, -0.2) is 4.79 Å². The van der Waals surface area contributed by atoms with Gasteiger partial charge in [0.25, 0.3) is 0 Å². The normalized spacial score (nSPS) is 15.2. The highest BCUT2D eigenvalue weighted by Crippen LogP contribution is 2.28. The van der Waals surface area contributed by atoms with E-state index in [2.05, 4.69) is 28.5 Å². The molecule has 1 aliphatic heterocycles. The second kappa shape index (κ2) is 9.01. The Morgan fingerprint density at radius 2 is 1.88 bits per heavy atom. The molecular weight excluding hydrogens is 328 g/mol. The lowest BCUT2D eigenvalue weighted by Crippen LogP contribution is -2.37. The van der Waals surface area contributed by atoms with E-state index in [9.17, 15) is 4.79 Å². The number of carbonyl (C=O) groups excluding carboxylic acids is 1. The van der Waals surface area contributed by atoms with E-state index >= 15 is 0 Å². The summed E-state index contributed by atoms with van der Waals surface area (Å²) in [4.78, 5) is 14.9. The molecule has 2 aromatic rings. The first-order valence-electron chi connectivity index (χ1n) is 9.43. The molecule has 5 heteroatoms. The summed E-state index contributed by atoms with van der Waals surface area (Å²) in [6.45, 7) is 9.87. The number of esters is 1. The molecule has 140 valence electrons. The van der Waals surface area contributed by atoms with Crippen molar-refractivity contribution in [2.45, 2.75) is 26.8 Å². The molecule has 26 heavy (non-hydrogen) atoms. The van der Waals surface area contributed by atoms with Crippen LogP contribution in [0.3, 0.4) is 0 Å². The average molecular weight is 356 g/mol. The molecular formula is C21H28N2O3. The molecule has 3 rings (SSSR count). The van der Waals surface area contributed by atoms with Gasteiger partial charge in [-0.15, -0.1) is 0 Å². The van der Waals surface area contributed by atoms with Crippen LogP contribution >= 0.6 is 0 Å². The lowest BCUT2D eigenvalue weighted by molar-refractivity contribution is 0.0369. The fraction of sp³-hybridized carbons (Fsp3) is 0.476. The molecule has 0 bridgehead atoms. The second-order valence-corrected chi connectivity index (χ2v) is 6.59. The summed E-state index contributed by atoms with van der Waals surface area (Å²) in [7, 11) is 0. The van der Waals surface area contributed by atoms with Crippen LogP contribution < -0.4 is 0 Å². The maximum atomic E-state index is 12.5. The highest BCUT2D eigenvalue weighted by molar-refractivity contribution is 5.97. The zero-order valence-electron chi connectivity index (χ0n) is 15.7. The predicted octanol–water partition coefficient (Wildman–Crippen LogP) is 3.36. The van der Waals surface area contributed by atoms with E-state index in [-0.39, 0.29) is 5.97 Å². The van der Waals surface area contributed by atoms with Gasteiger partial charge in [0.05, 0.1) is 31.1 Å². The van der Waals surface area contributed by atoms with Crippen molar-refractivity contribution in [1.29, 1.82) is 0 Å². The predicted molar refractivity (Wildman–Crippen MR) is 102 cm³/mol. The van der Waals surface area contributed by atoms with Crippen molar-refractivity contribution >= 4 is 5.97 Å². The van der Waals surface area contributed by atoms with E-state index in [4.69, 9.17) is 9.47 Å². The third kappa shape index (κ3) is 4.34. The fourth-order valence-corrected chi connectivity index (χ4v) is 3.51. The molecule has 5 nitrogen and oxygen atoms in total. The minimum Gasteiger partial charge on any atom is -0.462 e. The summed E-state index contributed by atoms with van der Waals surface area (Å²) < 4.78 is 13.0. The van der Waals surface area contributed by atoms with Gasteiger partial charge in [0.2, 0.25) is 0 Å². The highest BCUT2D eigenvalue weighted by Gasteiger charge is 2.21. The van der Waals surface area contributed by atoms with Crippen molar-refractivity contribution in [3.8, 4) is 11.3 Å². The largest absolute Gasteiger partial charge is 0.462 e. The molecule has 0 atom stereocenters. The van der Waals surface area contributed by atoms with Gasteiger partial charge in [-0.05, 0) is 31.9 Å². The summed E-state index contributed by atoms with van der Waals surface area (Å²) in [5.74, 6) is -0.249. The maximum absolute atomic E-state index is 12.5. The minimum atomic E-state index is -0.249. The number of carbonyl (C=O) groups is 1. The van der Waals surface area contributed by atoms with E-state index in [1.165, 1.54) is 0 Å². The molecule has 1 fully saturated rings.